The zero-order valence-electron chi connectivity index (χ0n) is 22.2. The number of aromatic nitrogens is 8. The van der Waals surface area contributed by atoms with Crippen molar-refractivity contribution in [3.63, 3.8) is 0 Å². The van der Waals surface area contributed by atoms with Crippen molar-refractivity contribution >= 4 is 44.1 Å². The Morgan fingerprint density at radius 1 is 0.326 bits per heavy atom. The third kappa shape index (κ3) is 4.42. The van der Waals surface area contributed by atoms with Crippen molar-refractivity contribution in [2.24, 2.45) is 0 Å². The largest absolute Gasteiger partial charge is 2.00 e. The van der Waals surface area contributed by atoms with E-state index in [0.29, 0.717) is 45.9 Å². The monoisotopic (exact) mass is 632 g/mol. The molecule has 0 saturated carbocycles. The molecule has 0 atom stereocenters. The van der Waals surface area contributed by atoms with E-state index in [1.807, 2.05) is 97.1 Å². The van der Waals surface area contributed by atoms with Crippen LogP contribution in [0.4, 0.5) is 0 Å². The molecule has 204 valence electrons. The van der Waals surface area contributed by atoms with Gasteiger partial charge in [0.15, 0.2) is 23.3 Å². The predicted octanol–water partition coefficient (Wildman–Crippen LogP) is 0.875. The van der Waals surface area contributed by atoms with Crippen LogP contribution in [0, 0.1) is 0 Å². The van der Waals surface area contributed by atoms with E-state index in [-0.39, 0.29) is 46.5 Å². The minimum atomic E-state index is 0. The fourth-order valence-corrected chi connectivity index (χ4v) is 5.59. The standard InChI is InChI=1S/C32H18N8.2ClH.Ti/c1-2-10-18-17(9-1)25-33-26(18)38-28-21-13-5-6-14-22(21)30(35-28)40-32-24-16-8-7-15-23(24)31(36-32)39-29-20-12-4-3-11-19(20)27(34-29)37-25;;;/h1-16H,(H2,33,34,35,36,37,38,39,40);2*1H;/q;;;+2/p-2. The minimum absolute atomic E-state index is 0. The number of benzene rings is 4. The van der Waals surface area contributed by atoms with Crippen molar-refractivity contribution < 1.29 is 46.5 Å². The van der Waals surface area contributed by atoms with Crippen LogP contribution in [0.5, 0.6) is 0 Å². The Bertz CT molecular complexity index is 2050. The first kappa shape index (κ1) is 28.6. The number of halogens is 2. The molecule has 0 fully saturated rings. The number of hydrogen-bond donors (Lipinski definition) is 2. The van der Waals surface area contributed by atoms with Crippen molar-refractivity contribution in [2.75, 3.05) is 0 Å². The Kier molecular flexibility index (Phi) is 7.32. The van der Waals surface area contributed by atoms with E-state index in [1.165, 1.54) is 0 Å². The van der Waals surface area contributed by atoms with E-state index in [0.717, 1.165) is 43.8 Å². The maximum Gasteiger partial charge on any atom is 2.00 e. The smallest absolute Gasteiger partial charge is 1.00 e. The molecule has 2 N–H and O–H groups in total. The van der Waals surface area contributed by atoms with Gasteiger partial charge in [-0.3, -0.25) is 0 Å². The first-order chi connectivity index (χ1) is 19.8. The summed E-state index contributed by atoms with van der Waals surface area (Å²) in [6, 6.07) is 32.2. The Balaban J connectivity index is 0.00000110. The molecule has 8 nitrogen and oxygen atoms in total. The second kappa shape index (κ2) is 11.0. The molecule has 0 spiro atoms. The van der Waals surface area contributed by atoms with Crippen LogP contribution in [-0.4, -0.2) is 39.9 Å². The van der Waals surface area contributed by atoms with Gasteiger partial charge in [0.2, 0.25) is 0 Å². The molecule has 7 aromatic rings. The Morgan fingerprint density at radius 2 is 0.558 bits per heavy atom. The number of nitrogens with zero attached hydrogens (tertiary/aromatic N) is 6. The molecule has 5 heterocycles. The van der Waals surface area contributed by atoms with Crippen LogP contribution < -0.4 is 24.8 Å². The number of fused-ring (bicyclic) bond motifs is 20. The van der Waals surface area contributed by atoms with Gasteiger partial charge in [0.1, 0.15) is 22.6 Å². The molecule has 2 aliphatic heterocycles. The molecule has 0 amide bonds. The summed E-state index contributed by atoms with van der Waals surface area (Å²) < 4.78 is 0. The van der Waals surface area contributed by atoms with Gasteiger partial charge in [-0.15, -0.1) is 0 Å². The van der Waals surface area contributed by atoms with Gasteiger partial charge in [0.05, 0.1) is 0 Å². The summed E-state index contributed by atoms with van der Waals surface area (Å²) in [5, 5.41) is 3.82. The first-order valence-corrected chi connectivity index (χ1v) is 13.0. The Labute approximate surface area is 271 Å². The zero-order valence-corrected chi connectivity index (χ0v) is 25.3. The van der Waals surface area contributed by atoms with Gasteiger partial charge in [-0.25, -0.2) is 29.9 Å². The maximum absolute atomic E-state index is 5.02. The fraction of sp³-hybridized carbons (Fsp3) is 0. The van der Waals surface area contributed by atoms with Crippen molar-refractivity contribution in [1.82, 2.24) is 39.9 Å². The molecule has 0 radical (unpaired) electrons. The number of hydrogen-bond acceptors (Lipinski definition) is 6. The summed E-state index contributed by atoms with van der Waals surface area (Å²) in [5.41, 5.74) is 6.45. The Hall–Kier alpha value is -4.47. The molecular formula is C32H18Cl2N8Ti. The molecule has 4 aromatic carbocycles. The molecular weight excluding hydrogens is 615 g/mol. The number of rotatable bonds is 0. The number of H-pyrrole nitrogens is 2. The van der Waals surface area contributed by atoms with Crippen molar-refractivity contribution in [3.8, 4) is 45.6 Å². The molecule has 43 heavy (non-hydrogen) atoms. The Morgan fingerprint density at radius 3 is 0.814 bits per heavy atom. The van der Waals surface area contributed by atoms with Crippen LogP contribution in [0.25, 0.3) is 89.7 Å². The normalized spacial score (nSPS) is 11.2. The number of aromatic amines is 2. The van der Waals surface area contributed by atoms with Crippen molar-refractivity contribution in [3.05, 3.63) is 97.1 Å². The summed E-state index contributed by atoms with van der Waals surface area (Å²) >= 11 is 0. The van der Waals surface area contributed by atoms with Gasteiger partial charge >= 0.3 is 21.7 Å². The van der Waals surface area contributed by atoms with Gasteiger partial charge in [-0.1, -0.05) is 97.1 Å². The molecule has 9 rings (SSSR count). The summed E-state index contributed by atoms with van der Waals surface area (Å²) in [5.74, 6) is 2.39. The fourth-order valence-electron chi connectivity index (χ4n) is 5.59. The third-order valence-electron chi connectivity index (χ3n) is 7.46. The van der Waals surface area contributed by atoms with E-state index < -0.39 is 0 Å². The van der Waals surface area contributed by atoms with E-state index >= 15 is 0 Å². The quantitative estimate of drug-likeness (QED) is 0.240. The van der Waals surface area contributed by atoms with E-state index in [1.54, 1.807) is 0 Å². The SMILES string of the molecule is [Cl-].[Cl-].[Ti+2].c1ccc2c(c1)-c1nc-2nc2[nH]c(nc3nc(nc4[nH]c(n1)c1ccccc41)-c1ccccc1-3)c1ccccc21. The molecule has 11 heteroatoms. The maximum atomic E-state index is 5.02. The van der Waals surface area contributed by atoms with Crippen LogP contribution in [-0.2, 0) is 21.7 Å². The van der Waals surface area contributed by atoms with Gasteiger partial charge in [0.25, 0.3) is 0 Å². The van der Waals surface area contributed by atoms with Gasteiger partial charge < -0.3 is 34.8 Å². The van der Waals surface area contributed by atoms with Crippen molar-refractivity contribution in [1.29, 1.82) is 0 Å². The number of nitrogens with one attached hydrogen (secondary N) is 2. The summed E-state index contributed by atoms with van der Waals surface area (Å²) in [6.07, 6.45) is 0. The molecule has 0 unspecified atom stereocenters. The average molecular weight is 633 g/mol. The summed E-state index contributed by atoms with van der Waals surface area (Å²) in [6.45, 7) is 0. The van der Waals surface area contributed by atoms with Gasteiger partial charge in [-0.2, -0.15) is 0 Å². The minimum Gasteiger partial charge on any atom is -1.00 e. The topological polar surface area (TPSA) is 109 Å². The van der Waals surface area contributed by atoms with Crippen LogP contribution in [0.3, 0.4) is 0 Å². The van der Waals surface area contributed by atoms with Gasteiger partial charge in [-0.05, 0) is 0 Å². The molecule has 0 aliphatic carbocycles. The third-order valence-corrected chi connectivity index (χ3v) is 7.46. The van der Waals surface area contributed by atoms with Gasteiger partial charge in [0, 0.05) is 43.8 Å². The van der Waals surface area contributed by atoms with E-state index in [2.05, 4.69) is 9.97 Å². The predicted molar refractivity (Wildman–Crippen MR) is 156 cm³/mol. The first-order valence-electron chi connectivity index (χ1n) is 13.0. The van der Waals surface area contributed by atoms with Crippen LogP contribution in [0.2, 0.25) is 0 Å². The van der Waals surface area contributed by atoms with Crippen LogP contribution in [0.15, 0.2) is 97.1 Å². The second-order valence-corrected chi connectivity index (χ2v) is 9.79. The van der Waals surface area contributed by atoms with Crippen molar-refractivity contribution in [2.45, 2.75) is 0 Å². The molecule has 2 aliphatic rings. The summed E-state index contributed by atoms with van der Waals surface area (Å²) in [7, 11) is 0. The molecule has 8 bridgehead atoms. The second-order valence-electron chi connectivity index (χ2n) is 9.79. The summed E-state index contributed by atoms with van der Waals surface area (Å²) in [4.78, 5) is 36.8. The molecule has 3 aromatic heterocycles. The zero-order chi connectivity index (χ0) is 26.2. The molecule has 0 saturated heterocycles. The van der Waals surface area contributed by atoms with Crippen LogP contribution in [0.1, 0.15) is 0 Å². The van der Waals surface area contributed by atoms with E-state index in [9.17, 15) is 0 Å². The van der Waals surface area contributed by atoms with E-state index in [4.69, 9.17) is 29.9 Å². The van der Waals surface area contributed by atoms with Crippen LogP contribution >= 0.6 is 0 Å². The average Bonchev–Trinajstić information content (AvgIpc) is 3.73.